The number of benzene rings is 1. The fraction of sp³-hybridized carbons (Fsp3) is 0.400. The molecule has 0 spiro atoms. The van der Waals surface area contributed by atoms with Crippen molar-refractivity contribution < 1.29 is 9.47 Å². The number of rotatable bonds is 7. The molecule has 0 amide bonds. The molecule has 0 atom stereocenters. The highest BCUT2D eigenvalue weighted by Gasteiger charge is 2.15. The normalized spacial score (nSPS) is 10.9. The molecule has 0 saturated carbocycles. The van der Waals surface area contributed by atoms with Crippen LogP contribution in [0.1, 0.15) is 11.3 Å². The van der Waals surface area contributed by atoms with E-state index in [2.05, 4.69) is 26.3 Å². The summed E-state index contributed by atoms with van der Waals surface area (Å²) in [6, 6.07) is 7.77. The van der Waals surface area contributed by atoms with Crippen molar-refractivity contribution in [2.24, 2.45) is 7.05 Å². The molecule has 21 heavy (non-hydrogen) atoms. The van der Waals surface area contributed by atoms with E-state index in [1.54, 1.807) is 11.8 Å². The van der Waals surface area contributed by atoms with Crippen molar-refractivity contribution in [3.63, 3.8) is 0 Å². The van der Waals surface area contributed by atoms with E-state index >= 15 is 0 Å². The van der Waals surface area contributed by atoms with Gasteiger partial charge in [-0.2, -0.15) is 5.10 Å². The Labute approximate surface area is 133 Å². The van der Waals surface area contributed by atoms with Gasteiger partial charge in [-0.25, -0.2) is 4.68 Å². The van der Waals surface area contributed by atoms with E-state index in [0.29, 0.717) is 13.2 Å². The van der Waals surface area contributed by atoms with E-state index in [1.165, 1.54) is 0 Å². The lowest BCUT2D eigenvalue weighted by atomic mass is 10.2. The van der Waals surface area contributed by atoms with Crippen LogP contribution < -0.4 is 10.1 Å². The molecule has 0 fully saturated rings. The maximum absolute atomic E-state index is 6.00. The molecule has 2 rings (SSSR count). The molecular formula is C15H20BrN3O2. The predicted molar refractivity (Wildman–Crippen MR) is 85.7 cm³/mol. The molecule has 0 aliphatic heterocycles. The molecule has 6 heteroatoms. The number of hydrogen-bond donors (Lipinski definition) is 1. The Morgan fingerprint density at radius 1 is 1.38 bits per heavy atom. The van der Waals surface area contributed by atoms with Gasteiger partial charge in [-0.15, -0.1) is 0 Å². The zero-order chi connectivity index (χ0) is 15.2. The van der Waals surface area contributed by atoms with Crippen LogP contribution in [0.3, 0.4) is 0 Å². The summed E-state index contributed by atoms with van der Waals surface area (Å²) in [7, 11) is 3.58. The Balaban J connectivity index is 2.14. The Bertz CT molecular complexity index is 599. The molecule has 0 aliphatic carbocycles. The summed E-state index contributed by atoms with van der Waals surface area (Å²) < 4.78 is 13.8. The number of methoxy groups -OCH3 is 1. The van der Waals surface area contributed by atoms with Crippen molar-refractivity contribution in [3.8, 4) is 11.6 Å². The van der Waals surface area contributed by atoms with E-state index in [0.717, 1.165) is 33.9 Å². The Morgan fingerprint density at radius 3 is 2.90 bits per heavy atom. The van der Waals surface area contributed by atoms with Crippen LogP contribution in [-0.2, 0) is 18.3 Å². The number of hydrogen-bond acceptors (Lipinski definition) is 4. The second-order valence-corrected chi connectivity index (χ2v) is 5.64. The van der Waals surface area contributed by atoms with Gasteiger partial charge in [-0.05, 0) is 25.1 Å². The average Bonchev–Trinajstić information content (AvgIpc) is 2.70. The van der Waals surface area contributed by atoms with Gasteiger partial charge in [0, 0.05) is 31.7 Å². The lowest BCUT2D eigenvalue weighted by molar-refractivity contribution is 0.199. The van der Waals surface area contributed by atoms with Crippen molar-refractivity contribution in [1.29, 1.82) is 0 Å². The molecule has 0 radical (unpaired) electrons. The van der Waals surface area contributed by atoms with Crippen LogP contribution in [-0.4, -0.2) is 30.0 Å². The first-order valence-corrected chi connectivity index (χ1v) is 7.56. The molecule has 1 heterocycles. The third kappa shape index (κ3) is 4.30. The Hall–Kier alpha value is -1.37. The monoisotopic (exact) mass is 353 g/mol. The third-order valence-corrected chi connectivity index (χ3v) is 3.58. The van der Waals surface area contributed by atoms with E-state index in [9.17, 15) is 0 Å². The van der Waals surface area contributed by atoms with Gasteiger partial charge in [-0.1, -0.05) is 22.0 Å². The summed E-state index contributed by atoms with van der Waals surface area (Å²) in [4.78, 5) is 0. The van der Waals surface area contributed by atoms with E-state index in [1.807, 2.05) is 38.2 Å². The van der Waals surface area contributed by atoms with E-state index < -0.39 is 0 Å². The van der Waals surface area contributed by atoms with Gasteiger partial charge in [0.1, 0.15) is 5.75 Å². The van der Waals surface area contributed by atoms with Crippen molar-refractivity contribution in [2.75, 3.05) is 20.3 Å². The van der Waals surface area contributed by atoms with Gasteiger partial charge in [0.05, 0.1) is 17.9 Å². The fourth-order valence-corrected chi connectivity index (χ4v) is 2.42. The smallest absolute Gasteiger partial charge is 0.222 e. The number of ether oxygens (including phenoxy) is 2. The molecule has 0 saturated heterocycles. The maximum atomic E-state index is 6.00. The van der Waals surface area contributed by atoms with Crippen molar-refractivity contribution in [2.45, 2.75) is 13.5 Å². The van der Waals surface area contributed by atoms with Crippen molar-refractivity contribution in [3.05, 3.63) is 40.0 Å². The van der Waals surface area contributed by atoms with Crippen LogP contribution in [0.15, 0.2) is 28.7 Å². The summed E-state index contributed by atoms with van der Waals surface area (Å²) in [5, 5.41) is 7.76. The van der Waals surface area contributed by atoms with Crippen LogP contribution in [0.4, 0.5) is 0 Å². The average molecular weight is 354 g/mol. The van der Waals surface area contributed by atoms with E-state index in [4.69, 9.17) is 9.47 Å². The van der Waals surface area contributed by atoms with Crippen molar-refractivity contribution >= 4 is 15.9 Å². The molecule has 0 unspecified atom stereocenters. The molecule has 0 bridgehead atoms. The largest absolute Gasteiger partial charge is 0.439 e. The molecule has 1 N–H and O–H groups in total. The highest BCUT2D eigenvalue weighted by atomic mass is 79.9. The first-order chi connectivity index (χ1) is 10.1. The molecule has 0 aliphatic rings. The molecule has 1 aromatic heterocycles. The standard InChI is InChI=1S/C15H20BrN3O2/c1-11-14(10-17-7-8-20-3)15(19(2)18-11)21-13-6-4-5-12(16)9-13/h4-6,9,17H,7-8,10H2,1-3H3. The molecule has 2 aromatic rings. The van der Waals surface area contributed by atoms with Gasteiger partial charge >= 0.3 is 0 Å². The number of aromatic nitrogens is 2. The van der Waals surface area contributed by atoms with Crippen LogP contribution in [0, 0.1) is 6.92 Å². The zero-order valence-electron chi connectivity index (χ0n) is 12.5. The highest BCUT2D eigenvalue weighted by molar-refractivity contribution is 9.10. The second kappa shape index (κ2) is 7.59. The van der Waals surface area contributed by atoms with Crippen LogP contribution in [0.25, 0.3) is 0 Å². The van der Waals surface area contributed by atoms with Crippen LogP contribution >= 0.6 is 15.9 Å². The summed E-state index contributed by atoms with van der Waals surface area (Å²) in [6.45, 7) is 4.16. The quantitative estimate of drug-likeness (QED) is 0.777. The van der Waals surface area contributed by atoms with Gasteiger partial charge in [0.2, 0.25) is 5.88 Å². The summed E-state index contributed by atoms with van der Waals surface area (Å²) in [5.41, 5.74) is 2.03. The minimum absolute atomic E-state index is 0.682. The van der Waals surface area contributed by atoms with Crippen LogP contribution in [0.2, 0.25) is 0 Å². The molecular weight excluding hydrogens is 334 g/mol. The van der Waals surface area contributed by atoms with Crippen LogP contribution in [0.5, 0.6) is 11.6 Å². The topological polar surface area (TPSA) is 48.3 Å². The number of nitrogens with zero attached hydrogens (tertiary/aromatic N) is 2. The second-order valence-electron chi connectivity index (χ2n) is 4.72. The lowest BCUT2D eigenvalue weighted by Gasteiger charge is -2.10. The van der Waals surface area contributed by atoms with Crippen molar-refractivity contribution in [1.82, 2.24) is 15.1 Å². The summed E-state index contributed by atoms with van der Waals surface area (Å²) >= 11 is 3.45. The first-order valence-electron chi connectivity index (χ1n) is 6.77. The Kier molecular flexibility index (Phi) is 5.78. The third-order valence-electron chi connectivity index (χ3n) is 3.08. The first kappa shape index (κ1) is 16.0. The van der Waals surface area contributed by atoms with E-state index in [-0.39, 0.29) is 0 Å². The molecule has 1 aromatic carbocycles. The molecule has 114 valence electrons. The SMILES string of the molecule is COCCNCc1c(C)nn(C)c1Oc1cccc(Br)c1. The summed E-state index contributed by atoms with van der Waals surface area (Å²) in [5.74, 6) is 1.54. The highest BCUT2D eigenvalue weighted by Crippen LogP contribution is 2.28. The zero-order valence-corrected chi connectivity index (χ0v) is 14.1. The number of aryl methyl sites for hydroxylation is 2. The fourth-order valence-electron chi connectivity index (χ4n) is 2.04. The van der Waals surface area contributed by atoms with Gasteiger partial charge < -0.3 is 14.8 Å². The predicted octanol–water partition coefficient (Wildman–Crippen LogP) is 3.02. The van der Waals surface area contributed by atoms with Gasteiger partial charge in [0.15, 0.2) is 0 Å². The maximum Gasteiger partial charge on any atom is 0.222 e. The minimum atomic E-state index is 0.682. The van der Waals surface area contributed by atoms with Gasteiger partial charge in [-0.3, -0.25) is 0 Å². The Morgan fingerprint density at radius 2 is 2.19 bits per heavy atom. The van der Waals surface area contributed by atoms with Gasteiger partial charge in [0.25, 0.3) is 0 Å². The summed E-state index contributed by atoms with van der Waals surface area (Å²) in [6.07, 6.45) is 0. The number of nitrogens with one attached hydrogen (secondary N) is 1. The molecule has 5 nitrogen and oxygen atoms in total. The lowest BCUT2D eigenvalue weighted by Crippen LogP contribution is -2.19. The number of halogens is 1. The minimum Gasteiger partial charge on any atom is -0.439 e.